The van der Waals surface area contributed by atoms with Crippen molar-refractivity contribution < 1.29 is 23.6 Å². The fraction of sp³-hybridized carbons (Fsp3) is 0.520. The zero-order valence-electron chi connectivity index (χ0n) is 21.1. The van der Waals surface area contributed by atoms with E-state index in [4.69, 9.17) is 14.0 Å². The van der Waals surface area contributed by atoms with Crippen LogP contribution in [0.2, 0.25) is 0 Å². The third-order valence-corrected chi connectivity index (χ3v) is 6.53. The highest BCUT2D eigenvalue weighted by Gasteiger charge is 2.54. The van der Waals surface area contributed by atoms with Crippen LogP contribution in [0.5, 0.6) is 0 Å². The average Bonchev–Trinajstić information content (AvgIpc) is 3.05. The maximum absolute atomic E-state index is 13.3. The molecule has 1 aliphatic heterocycles. The van der Waals surface area contributed by atoms with Gasteiger partial charge in [-0.25, -0.2) is 9.97 Å². The van der Waals surface area contributed by atoms with Gasteiger partial charge in [-0.3, -0.25) is 9.59 Å². The van der Waals surface area contributed by atoms with Crippen molar-refractivity contribution in [3.63, 3.8) is 0 Å². The van der Waals surface area contributed by atoms with Crippen LogP contribution in [0, 0.1) is 0 Å². The Labute approximate surface area is 207 Å². The molecule has 35 heavy (non-hydrogen) atoms. The van der Waals surface area contributed by atoms with Crippen molar-refractivity contribution in [2.75, 3.05) is 13.7 Å². The van der Waals surface area contributed by atoms with Gasteiger partial charge in [0.2, 0.25) is 5.91 Å². The fourth-order valence-electron chi connectivity index (χ4n) is 3.79. The van der Waals surface area contributed by atoms with Gasteiger partial charge in [0.25, 0.3) is 5.91 Å². The number of hydrogen-bond donors (Lipinski definition) is 2. The molecule has 188 valence electrons. The summed E-state index contributed by atoms with van der Waals surface area (Å²) in [7, 11) is 0.852. The molecule has 0 radical (unpaired) electrons. The van der Waals surface area contributed by atoms with Crippen LogP contribution in [0.1, 0.15) is 56.5 Å². The third-order valence-electron chi connectivity index (χ3n) is 6.53. The normalized spacial score (nSPS) is 18.0. The summed E-state index contributed by atoms with van der Waals surface area (Å²) in [4.78, 5) is 33.6. The number of ether oxygens (including phenoxy) is 1. The lowest BCUT2D eigenvalue weighted by Crippen LogP contribution is -2.56. The second kappa shape index (κ2) is 11.7. The van der Waals surface area contributed by atoms with Crippen molar-refractivity contribution in [2.45, 2.75) is 70.1 Å². The molecule has 1 unspecified atom stereocenters. The molecular weight excluding hydrogens is 447 g/mol. The van der Waals surface area contributed by atoms with Gasteiger partial charge in [0.1, 0.15) is 12.4 Å². The maximum atomic E-state index is 13.3. The minimum absolute atomic E-state index is 0.00532. The van der Waals surface area contributed by atoms with Crippen LogP contribution in [-0.4, -0.2) is 65.8 Å². The lowest BCUT2D eigenvalue weighted by atomic mass is 9.75. The van der Waals surface area contributed by atoms with E-state index in [1.54, 1.807) is 0 Å². The number of aromatic nitrogens is 2. The zero-order chi connectivity index (χ0) is 25.5. The lowest BCUT2D eigenvalue weighted by Gasteiger charge is -2.32. The molecule has 1 fully saturated rings. The minimum atomic E-state index is -0.910. The van der Waals surface area contributed by atoms with Crippen molar-refractivity contribution in [2.24, 2.45) is 0 Å². The number of nitrogens with zero attached hydrogens (tertiary/aromatic N) is 2. The first kappa shape index (κ1) is 26.8. The zero-order valence-corrected chi connectivity index (χ0v) is 21.1. The summed E-state index contributed by atoms with van der Waals surface area (Å²) < 4.78 is 17.7. The largest absolute Gasteiger partial charge is 0.481 e. The van der Waals surface area contributed by atoms with Gasteiger partial charge in [-0.1, -0.05) is 30.3 Å². The summed E-state index contributed by atoms with van der Waals surface area (Å²) in [6.45, 7) is 7.92. The molecule has 1 aliphatic rings. The second-order valence-corrected chi connectivity index (χ2v) is 9.73. The number of rotatable bonds is 11. The monoisotopic (exact) mass is 482 g/mol. The van der Waals surface area contributed by atoms with Gasteiger partial charge in [-0.05, 0) is 52.5 Å². The van der Waals surface area contributed by atoms with Crippen LogP contribution in [0.25, 0.3) is 0 Å². The van der Waals surface area contributed by atoms with E-state index in [9.17, 15) is 9.59 Å². The number of amides is 2. The van der Waals surface area contributed by atoms with Gasteiger partial charge >= 0.3 is 7.12 Å². The van der Waals surface area contributed by atoms with Crippen LogP contribution >= 0.6 is 0 Å². The van der Waals surface area contributed by atoms with Gasteiger partial charge in [-0.15, -0.1) is 0 Å². The van der Waals surface area contributed by atoms with E-state index in [-0.39, 0.29) is 18.1 Å². The molecule has 9 nitrogen and oxygen atoms in total. The van der Waals surface area contributed by atoms with Gasteiger partial charge in [0, 0.05) is 19.5 Å². The molecule has 1 aromatic heterocycles. The van der Waals surface area contributed by atoms with Gasteiger partial charge in [0.15, 0.2) is 0 Å². The van der Waals surface area contributed by atoms with E-state index in [2.05, 4.69) is 32.7 Å². The number of benzene rings is 1. The molecule has 0 saturated carbocycles. The Kier molecular flexibility index (Phi) is 8.99. The standard InChI is InChI=1S/C25H35BN4O5/c1-24(2)25(3,4)35-26(34-24)21(13-9-12-18-10-7-6-8-11-18)30-23(32)20(16-33-5)29-22(31)19-14-27-17-28-15-19/h6-8,10-11,14-15,17,20-21H,9,12-13,16H2,1-5H3,(H,29,31)(H,30,32)/t20?,21-/m0/s1. The number of carbonyl (C=O) groups is 2. The first-order valence-corrected chi connectivity index (χ1v) is 11.9. The van der Waals surface area contributed by atoms with Crippen LogP contribution in [-0.2, 0) is 25.3 Å². The van der Waals surface area contributed by atoms with E-state index >= 15 is 0 Å². The van der Waals surface area contributed by atoms with E-state index in [1.807, 2.05) is 45.9 Å². The van der Waals surface area contributed by atoms with Crippen molar-refractivity contribution in [3.05, 3.63) is 60.2 Å². The summed E-state index contributed by atoms with van der Waals surface area (Å²) in [5, 5.41) is 5.75. The van der Waals surface area contributed by atoms with E-state index in [0.29, 0.717) is 6.42 Å². The van der Waals surface area contributed by atoms with Crippen LogP contribution < -0.4 is 10.6 Å². The molecule has 3 rings (SSSR count). The lowest BCUT2D eigenvalue weighted by molar-refractivity contribution is -0.124. The highest BCUT2D eigenvalue weighted by molar-refractivity contribution is 6.48. The fourth-order valence-corrected chi connectivity index (χ4v) is 3.79. The predicted molar refractivity (Wildman–Crippen MR) is 133 cm³/mol. The quantitative estimate of drug-likeness (QED) is 0.473. The molecule has 0 aliphatic carbocycles. The summed E-state index contributed by atoms with van der Waals surface area (Å²) in [5.74, 6) is -1.25. The highest BCUT2D eigenvalue weighted by Crippen LogP contribution is 2.38. The van der Waals surface area contributed by atoms with Crippen LogP contribution in [0.3, 0.4) is 0 Å². The van der Waals surface area contributed by atoms with Crippen LogP contribution in [0.4, 0.5) is 0 Å². The first-order chi connectivity index (χ1) is 16.6. The minimum Gasteiger partial charge on any atom is -0.402 e. The highest BCUT2D eigenvalue weighted by atomic mass is 16.7. The van der Waals surface area contributed by atoms with Crippen molar-refractivity contribution in [1.82, 2.24) is 20.6 Å². The number of aryl methyl sites for hydroxylation is 1. The molecule has 1 aromatic carbocycles. The van der Waals surface area contributed by atoms with E-state index in [1.165, 1.54) is 31.4 Å². The Morgan fingerprint density at radius 2 is 1.66 bits per heavy atom. The summed E-state index contributed by atoms with van der Waals surface area (Å²) in [6, 6.07) is 9.27. The number of carbonyl (C=O) groups excluding carboxylic acids is 2. The van der Waals surface area contributed by atoms with E-state index in [0.717, 1.165) is 12.8 Å². The van der Waals surface area contributed by atoms with Gasteiger partial charge < -0.3 is 24.7 Å². The number of nitrogens with one attached hydrogen (secondary N) is 2. The summed E-state index contributed by atoms with van der Waals surface area (Å²) in [6.07, 6.45) is 6.43. The van der Waals surface area contributed by atoms with Crippen molar-refractivity contribution in [3.8, 4) is 0 Å². The summed E-state index contributed by atoms with van der Waals surface area (Å²) in [5.41, 5.74) is 0.411. The molecule has 10 heteroatoms. The predicted octanol–water partition coefficient (Wildman–Crippen LogP) is 2.36. The Morgan fingerprint density at radius 1 is 1.03 bits per heavy atom. The topological polar surface area (TPSA) is 112 Å². The summed E-state index contributed by atoms with van der Waals surface area (Å²) >= 11 is 0. The Bertz CT molecular complexity index is 958. The Balaban J connectivity index is 1.71. The maximum Gasteiger partial charge on any atom is 0.481 e. The molecule has 2 amide bonds. The molecule has 2 heterocycles. The smallest absolute Gasteiger partial charge is 0.402 e. The molecule has 0 spiro atoms. The molecule has 1 saturated heterocycles. The molecule has 0 bridgehead atoms. The van der Waals surface area contributed by atoms with Crippen molar-refractivity contribution >= 4 is 18.9 Å². The Morgan fingerprint density at radius 3 is 2.26 bits per heavy atom. The molecular formula is C25H35BN4O5. The molecule has 2 atom stereocenters. The SMILES string of the molecule is COCC(NC(=O)c1cncnc1)C(=O)N[C@@H](CCCc1ccccc1)B1OC(C)(C)C(C)(C)O1. The first-order valence-electron chi connectivity index (χ1n) is 11.9. The van der Waals surface area contributed by atoms with Gasteiger partial charge in [-0.2, -0.15) is 0 Å². The van der Waals surface area contributed by atoms with Gasteiger partial charge in [0.05, 0.1) is 29.3 Å². The number of methoxy groups -OCH3 is 1. The average molecular weight is 482 g/mol. The van der Waals surface area contributed by atoms with Crippen molar-refractivity contribution in [1.29, 1.82) is 0 Å². The van der Waals surface area contributed by atoms with E-state index < -0.39 is 36.2 Å². The molecule has 2 aromatic rings. The number of hydrogen-bond acceptors (Lipinski definition) is 7. The molecule has 2 N–H and O–H groups in total. The van der Waals surface area contributed by atoms with Crippen LogP contribution in [0.15, 0.2) is 49.1 Å². The second-order valence-electron chi connectivity index (χ2n) is 9.73. The third kappa shape index (κ3) is 7.10. The Hall–Kier alpha value is -2.82.